The lowest BCUT2D eigenvalue weighted by Crippen LogP contribution is -2.37. The van der Waals surface area contributed by atoms with E-state index in [0.29, 0.717) is 10.8 Å². The number of amides is 1. The van der Waals surface area contributed by atoms with E-state index < -0.39 is 0 Å². The number of hydrogen-bond acceptors (Lipinski definition) is 5. The van der Waals surface area contributed by atoms with Crippen molar-refractivity contribution in [1.82, 2.24) is 10.3 Å². The third-order valence-corrected chi connectivity index (χ3v) is 5.48. The average molecular weight is 310 g/mol. The largest absolute Gasteiger partial charge is 0.396 e. The molecule has 1 aliphatic heterocycles. The molecule has 2 fully saturated rings. The zero-order valence-electron chi connectivity index (χ0n) is 12.1. The van der Waals surface area contributed by atoms with Gasteiger partial charge in [-0.05, 0) is 44.4 Å². The van der Waals surface area contributed by atoms with E-state index in [4.69, 9.17) is 9.84 Å². The molecule has 2 aliphatic rings. The van der Waals surface area contributed by atoms with Crippen molar-refractivity contribution in [2.24, 2.45) is 5.92 Å². The van der Waals surface area contributed by atoms with Gasteiger partial charge < -0.3 is 15.2 Å². The van der Waals surface area contributed by atoms with Crippen molar-refractivity contribution < 1.29 is 14.6 Å². The molecule has 1 aliphatic carbocycles. The first-order valence-electron chi connectivity index (χ1n) is 7.75. The minimum Gasteiger partial charge on any atom is -0.396 e. The quantitative estimate of drug-likeness (QED) is 0.895. The lowest BCUT2D eigenvalue weighted by molar-refractivity contribution is 0.0918. The molecule has 1 atom stereocenters. The molecule has 0 spiro atoms. The van der Waals surface area contributed by atoms with Crippen molar-refractivity contribution in [2.75, 3.05) is 13.2 Å². The van der Waals surface area contributed by atoms with Gasteiger partial charge in [-0.3, -0.25) is 4.79 Å². The monoisotopic (exact) mass is 310 g/mol. The number of carbonyl (C=O) groups excluding carboxylic acids is 1. The van der Waals surface area contributed by atoms with E-state index in [9.17, 15) is 4.79 Å². The van der Waals surface area contributed by atoms with Gasteiger partial charge in [0.15, 0.2) is 0 Å². The van der Waals surface area contributed by atoms with Gasteiger partial charge in [0.25, 0.3) is 5.91 Å². The number of aliphatic hydroxyl groups excluding tert-OH is 1. The first-order valence-corrected chi connectivity index (χ1v) is 8.57. The normalized spacial score (nSPS) is 29.5. The molecule has 1 aromatic rings. The van der Waals surface area contributed by atoms with Gasteiger partial charge in [-0.15, -0.1) is 11.3 Å². The van der Waals surface area contributed by atoms with Crippen LogP contribution in [0.4, 0.5) is 0 Å². The number of aromatic nitrogens is 1. The van der Waals surface area contributed by atoms with Crippen molar-refractivity contribution in [3.8, 4) is 0 Å². The predicted octanol–water partition coefficient (Wildman–Crippen LogP) is 2.28. The molecule has 1 amide bonds. The fourth-order valence-corrected chi connectivity index (χ4v) is 3.96. The fraction of sp³-hybridized carbons (Fsp3) is 0.733. The summed E-state index contributed by atoms with van der Waals surface area (Å²) in [6.07, 6.45) is 7.70. The van der Waals surface area contributed by atoms with E-state index in [2.05, 4.69) is 10.3 Å². The first-order chi connectivity index (χ1) is 10.3. The van der Waals surface area contributed by atoms with Crippen LogP contribution >= 0.6 is 11.3 Å². The Hall–Kier alpha value is -0.980. The second-order valence-corrected chi connectivity index (χ2v) is 7.00. The second kappa shape index (κ2) is 6.85. The number of nitrogens with one attached hydrogen (secondary N) is 1. The number of aliphatic hydroxyl groups is 1. The summed E-state index contributed by atoms with van der Waals surface area (Å²) < 4.78 is 5.60. The van der Waals surface area contributed by atoms with E-state index in [1.165, 1.54) is 11.3 Å². The highest BCUT2D eigenvalue weighted by Gasteiger charge is 2.25. The summed E-state index contributed by atoms with van der Waals surface area (Å²) in [5.41, 5.74) is 0. The van der Waals surface area contributed by atoms with Crippen LogP contribution in [0.5, 0.6) is 0 Å². The summed E-state index contributed by atoms with van der Waals surface area (Å²) >= 11 is 1.44. The van der Waals surface area contributed by atoms with E-state index in [0.717, 1.165) is 50.1 Å². The van der Waals surface area contributed by atoms with Crippen LogP contribution in [-0.2, 0) is 4.74 Å². The Morgan fingerprint density at radius 3 is 2.86 bits per heavy atom. The van der Waals surface area contributed by atoms with Crippen LogP contribution in [0.1, 0.15) is 59.3 Å². The van der Waals surface area contributed by atoms with Crippen molar-refractivity contribution >= 4 is 17.2 Å². The maximum Gasteiger partial charge on any atom is 0.263 e. The molecule has 1 aromatic heterocycles. The number of hydrogen-bond donors (Lipinski definition) is 2. The number of carbonyl (C=O) groups is 1. The van der Waals surface area contributed by atoms with Gasteiger partial charge in [0.05, 0.1) is 6.20 Å². The summed E-state index contributed by atoms with van der Waals surface area (Å²) in [4.78, 5) is 17.3. The van der Waals surface area contributed by atoms with Gasteiger partial charge in [0, 0.05) is 19.3 Å². The van der Waals surface area contributed by atoms with Crippen molar-refractivity contribution in [3.05, 3.63) is 16.1 Å². The highest BCUT2D eigenvalue weighted by atomic mass is 32.1. The van der Waals surface area contributed by atoms with Crippen LogP contribution in [-0.4, -0.2) is 35.3 Å². The summed E-state index contributed by atoms with van der Waals surface area (Å²) in [6.45, 7) is 1.06. The van der Waals surface area contributed by atoms with Gasteiger partial charge in [0.1, 0.15) is 16.0 Å². The summed E-state index contributed by atoms with van der Waals surface area (Å²) in [7, 11) is 0. The molecule has 0 bridgehead atoms. The molecule has 3 rings (SSSR count). The van der Waals surface area contributed by atoms with Crippen LogP contribution < -0.4 is 5.32 Å². The lowest BCUT2D eigenvalue weighted by Gasteiger charge is -2.27. The standard InChI is InChI=1S/C15H22N2O3S/c18-9-10-3-5-11(6-4-10)17-14(19)13-8-16-15(21-13)12-2-1-7-20-12/h8,10-12,18H,1-7,9H2,(H,17,19). The zero-order valence-corrected chi connectivity index (χ0v) is 12.9. The molecule has 5 nitrogen and oxygen atoms in total. The molecular formula is C15H22N2O3S. The van der Waals surface area contributed by atoms with Crippen molar-refractivity contribution in [3.63, 3.8) is 0 Å². The van der Waals surface area contributed by atoms with E-state index in [1.807, 2.05) is 0 Å². The molecule has 116 valence electrons. The second-order valence-electron chi connectivity index (χ2n) is 5.94. The van der Waals surface area contributed by atoms with Gasteiger partial charge in [0.2, 0.25) is 0 Å². The Balaban J connectivity index is 1.53. The fourth-order valence-electron chi connectivity index (χ4n) is 3.06. The Bertz CT molecular complexity index is 477. The molecule has 21 heavy (non-hydrogen) atoms. The van der Waals surface area contributed by atoms with Gasteiger partial charge >= 0.3 is 0 Å². The molecule has 1 saturated heterocycles. The SMILES string of the molecule is O=C(NC1CCC(CO)CC1)c1cnc(C2CCCO2)s1. The molecule has 0 aromatic carbocycles. The predicted molar refractivity (Wildman–Crippen MR) is 80.3 cm³/mol. The molecular weight excluding hydrogens is 288 g/mol. The topological polar surface area (TPSA) is 71.5 Å². The van der Waals surface area contributed by atoms with Gasteiger partial charge in [-0.1, -0.05) is 0 Å². The Morgan fingerprint density at radius 1 is 1.38 bits per heavy atom. The Labute approximate surface area is 128 Å². The van der Waals surface area contributed by atoms with Gasteiger partial charge in [-0.2, -0.15) is 0 Å². The molecule has 2 N–H and O–H groups in total. The molecule has 2 heterocycles. The number of rotatable bonds is 4. The van der Waals surface area contributed by atoms with Crippen LogP contribution in [0, 0.1) is 5.92 Å². The summed E-state index contributed by atoms with van der Waals surface area (Å²) in [5, 5.41) is 13.1. The van der Waals surface area contributed by atoms with Crippen LogP contribution in [0.2, 0.25) is 0 Å². The number of ether oxygens (including phenoxy) is 1. The van der Waals surface area contributed by atoms with Crippen LogP contribution in [0.25, 0.3) is 0 Å². The highest BCUT2D eigenvalue weighted by molar-refractivity contribution is 7.13. The molecule has 0 radical (unpaired) electrons. The van der Waals surface area contributed by atoms with Crippen molar-refractivity contribution in [1.29, 1.82) is 0 Å². The van der Waals surface area contributed by atoms with E-state index >= 15 is 0 Å². The molecule has 1 saturated carbocycles. The highest BCUT2D eigenvalue weighted by Crippen LogP contribution is 2.31. The molecule has 1 unspecified atom stereocenters. The first kappa shape index (κ1) is 14.9. The minimum atomic E-state index is -0.0239. The maximum atomic E-state index is 12.3. The Morgan fingerprint density at radius 2 is 2.19 bits per heavy atom. The van der Waals surface area contributed by atoms with Gasteiger partial charge in [-0.25, -0.2) is 4.98 Å². The average Bonchev–Trinajstić information content (AvgIpc) is 3.19. The third kappa shape index (κ3) is 3.62. The zero-order chi connectivity index (χ0) is 14.7. The Kier molecular flexibility index (Phi) is 4.87. The number of nitrogens with zero attached hydrogens (tertiary/aromatic N) is 1. The number of thiazole rings is 1. The molecule has 6 heteroatoms. The summed E-state index contributed by atoms with van der Waals surface area (Å²) in [5.74, 6) is 0.386. The minimum absolute atomic E-state index is 0.0239. The van der Waals surface area contributed by atoms with E-state index in [1.54, 1.807) is 6.20 Å². The van der Waals surface area contributed by atoms with Crippen LogP contribution in [0.3, 0.4) is 0 Å². The van der Waals surface area contributed by atoms with E-state index in [-0.39, 0.29) is 24.7 Å². The third-order valence-electron chi connectivity index (χ3n) is 4.39. The maximum absolute atomic E-state index is 12.3. The lowest BCUT2D eigenvalue weighted by atomic mass is 9.86. The smallest absolute Gasteiger partial charge is 0.263 e. The van der Waals surface area contributed by atoms with Crippen molar-refractivity contribution in [2.45, 2.75) is 50.7 Å². The summed E-state index contributed by atoms with van der Waals surface area (Å²) in [6, 6.07) is 0.230. The van der Waals surface area contributed by atoms with Crippen LogP contribution in [0.15, 0.2) is 6.20 Å².